The van der Waals surface area contributed by atoms with Crippen LogP contribution in [0.25, 0.3) is 11.0 Å². The number of benzene rings is 3. The molecule has 1 amide bonds. The second-order valence-corrected chi connectivity index (χ2v) is 10.3. The minimum Gasteiger partial charge on any atom is -0.478 e. The van der Waals surface area contributed by atoms with Crippen LogP contribution < -0.4 is 5.32 Å². The fourth-order valence-corrected chi connectivity index (χ4v) is 5.56. The number of carboxylic acid groups (broad SMARTS) is 1. The fourth-order valence-electron chi connectivity index (χ4n) is 5.34. The van der Waals surface area contributed by atoms with Crippen LogP contribution in [0.3, 0.4) is 0 Å². The van der Waals surface area contributed by atoms with Gasteiger partial charge >= 0.3 is 5.97 Å². The van der Waals surface area contributed by atoms with Gasteiger partial charge in [0.15, 0.2) is 11.6 Å². The van der Waals surface area contributed by atoms with Gasteiger partial charge in [0.2, 0.25) is 5.91 Å². The summed E-state index contributed by atoms with van der Waals surface area (Å²) in [7, 11) is 0. The SMILES string of the molecule is O=C(O)c1ccc(NC(=O)C(C2CCCCC2)n2c(C(O)c3ccc(F)cc3)nc3cc(F)c(F)cc32)c(Cl)c1. The molecule has 4 aromatic rings. The highest BCUT2D eigenvalue weighted by Gasteiger charge is 2.36. The van der Waals surface area contributed by atoms with E-state index in [1.807, 2.05) is 0 Å². The van der Waals surface area contributed by atoms with Crippen molar-refractivity contribution < 1.29 is 33.0 Å². The number of hydrogen-bond acceptors (Lipinski definition) is 4. The van der Waals surface area contributed by atoms with Gasteiger partial charge in [-0.05, 0) is 54.7 Å². The van der Waals surface area contributed by atoms with Crippen molar-refractivity contribution in [2.75, 3.05) is 5.32 Å². The fraction of sp³-hybridized carbons (Fsp3) is 0.276. The molecule has 1 aromatic heterocycles. The summed E-state index contributed by atoms with van der Waals surface area (Å²) in [6, 6.07) is 9.77. The maximum absolute atomic E-state index is 14.5. The quantitative estimate of drug-likeness (QED) is 0.230. The predicted octanol–water partition coefficient (Wildman–Crippen LogP) is 6.65. The minimum atomic E-state index is -1.45. The molecule has 2 unspecified atom stereocenters. The Morgan fingerprint density at radius 2 is 1.65 bits per heavy atom. The third kappa shape index (κ3) is 5.41. The van der Waals surface area contributed by atoms with E-state index >= 15 is 0 Å². The Balaban J connectivity index is 1.66. The Kier molecular flexibility index (Phi) is 7.82. The van der Waals surface area contributed by atoms with Gasteiger partial charge in [-0.3, -0.25) is 4.79 Å². The number of rotatable bonds is 7. The highest BCUT2D eigenvalue weighted by Crippen LogP contribution is 2.39. The Bertz CT molecular complexity index is 1590. The summed E-state index contributed by atoms with van der Waals surface area (Å²) in [5.74, 6) is -4.82. The first kappa shape index (κ1) is 27.7. The highest BCUT2D eigenvalue weighted by molar-refractivity contribution is 6.34. The molecule has 1 saturated carbocycles. The number of hydrogen-bond donors (Lipinski definition) is 3. The zero-order valence-corrected chi connectivity index (χ0v) is 21.8. The van der Waals surface area contributed by atoms with Crippen LogP contribution in [0.2, 0.25) is 5.02 Å². The van der Waals surface area contributed by atoms with Crippen LogP contribution in [0.4, 0.5) is 18.9 Å². The Morgan fingerprint density at radius 1 is 0.975 bits per heavy atom. The lowest BCUT2D eigenvalue weighted by molar-refractivity contribution is -0.121. The zero-order valence-electron chi connectivity index (χ0n) is 21.1. The summed E-state index contributed by atoms with van der Waals surface area (Å²) in [5.41, 5.74) is 0.518. The van der Waals surface area contributed by atoms with E-state index in [9.17, 15) is 33.0 Å². The topological polar surface area (TPSA) is 104 Å². The average molecular weight is 572 g/mol. The van der Waals surface area contributed by atoms with E-state index in [2.05, 4.69) is 10.3 Å². The molecule has 7 nitrogen and oxygen atoms in total. The minimum absolute atomic E-state index is 0.00539. The normalized spacial score (nSPS) is 15.6. The molecule has 0 spiro atoms. The summed E-state index contributed by atoms with van der Waals surface area (Å²) in [6.07, 6.45) is 2.51. The molecule has 1 aliphatic carbocycles. The standard InChI is InChI=1S/C29H25ClF3N3O4/c30-19-12-17(29(39)40)8-11-22(19)35-28(38)25(15-4-2-1-3-5-15)36-24-14-21(33)20(32)13-23(24)34-27(36)26(37)16-6-9-18(31)10-7-16/h6-15,25-26,37H,1-5H2,(H,35,38)(H,39,40). The van der Waals surface area contributed by atoms with Crippen molar-refractivity contribution in [1.29, 1.82) is 0 Å². The van der Waals surface area contributed by atoms with Crippen LogP contribution in [0, 0.1) is 23.4 Å². The van der Waals surface area contributed by atoms with Gasteiger partial charge in [-0.2, -0.15) is 0 Å². The number of amides is 1. The zero-order chi connectivity index (χ0) is 28.6. The maximum atomic E-state index is 14.5. The van der Waals surface area contributed by atoms with Crippen LogP contribution in [0.5, 0.6) is 0 Å². The van der Waals surface area contributed by atoms with E-state index < -0.39 is 41.5 Å². The number of halogens is 4. The number of aliphatic hydroxyl groups excluding tert-OH is 1. The molecule has 0 saturated heterocycles. The third-order valence-electron chi connectivity index (χ3n) is 7.31. The number of aromatic nitrogens is 2. The number of nitrogens with zero attached hydrogens (tertiary/aromatic N) is 2. The lowest BCUT2D eigenvalue weighted by Crippen LogP contribution is -2.34. The predicted molar refractivity (Wildman–Crippen MR) is 143 cm³/mol. The number of carbonyl (C=O) groups is 2. The lowest BCUT2D eigenvalue weighted by Gasteiger charge is -2.32. The Labute approximate surface area is 232 Å². The number of aromatic carboxylic acids is 1. The van der Waals surface area contributed by atoms with Crippen molar-refractivity contribution in [3.8, 4) is 0 Å². The molecule has 1 fully saturated rings. The van der Waals surface area contributed by atoms with Crippen LogP contribution in [-0.4, -0.2) is 31.6 Å². The monoisotopic (exact) mass is 571 g/mol. The van der Waals surface area contributed by atoms with Gasteiger partial charge in [0.1, 0.15) is 23.8 Å². The number of carboxylic acids is 1. The van der Waals surface area contributed by atoms with Crippen molar-refractivity contribution in [1.82, 2.24) is 9.55 Å². The molecular formula is C29H25ClF3N3O4. The van der Waals surface area contributed by atoms with Crippen molar-refractivity contribution >= 4 is 40.2 Å². The van der Waals surface area contributed by atoms with Crippen LogP contribution in [-0.2, 0) is 4.79 Å². The van der Waals surface area contributed by atoms with Gasteiger partial charge < -0.3 is 20.1 Å². The molecule has 5 rings (SSSR count). The first-order valence-corrected chi connectivity index (χ1v) is 13.2. The molecule has 1 aliphatic rings. The Hall–Kier alpha value is -3.89. The number of imidazole rings is 1. The average Bonchev–Trinajstić information content (AvgIpc) is 3.28. The van der Waals surface area contributed by atoms with Crippen LogP contribution in [0.1, 0.15) is 66.0 Å². The highest BCUT2D eigenvalue weighted by atomic mass is 35.5. The number of anilines is 1. The molecule has 1 heterocycles. The summed E-state index contributed by atoms with van der Waals surface area (Å²) in [5, 5.41) is 23.3. The van der Waals surface area contributed by atoms with E-state index in [0.717, 1.165) is 31.4 Å². The summed E-state index contributed by atoms with van der Waals surface area (Å²) in [4.78, 5) is 29.7. The van der Waals surface area contributed by atoms with E-state index in [4.69, 9.17) is 11.6 Å². The third-order valence-corrected chi connectivity index (χ3v) is 7.62. The second kappa shape index (κ2) is 11.3. The van der Waals surface area contributed by atoms with Crippen molar-refractivity contribution in [2.24, 2.45) is 5.92 Å². The van der Waals surface area contributed by atoms with Crippen molar-refractivity contribution in [3.05, 3.63) is 94.0 Å². The van der Waals surface area contributed by atoms with Crippen LogP contribution >= 0.6 is 11.6 Å². The molecule has 3 N–H and O–H groups in total. The molecule has 0 aliphatic heterocycles. The summed E-state index contributed by atoms with van der Waals surface area (Å²) in [6.45, 7) is 0. The van der Waals surface area contributed by atoms with E-state index in [0.29, 0.717) is 12.8 Å². The molecule has 208 valence electrons. The Morgan fingerprint density at radius 3 is 2.30 bits per heavy atom. The number of carbonyl (C=O) groups excluding carboxylic acids is 1. The van der Waals surface area contributed by atoms with Gasteiger partial charge in [-0.25, -0.2) is 22.9 Å². The van der Waals surface area contributed by atoms with Gasteiger partial charge in [0.25, 0.3) is 0 Å². The molecule has 3 aromatic carbocycles. The van der Waals surface area contributed by atoms with Gasteiger partial charge in [0, 0.05) is 12.1 Å². The molecule has 0 radical (unpaired) electrons. The first-order valence-electron chi connectivity index (χ1n) is 12.8. The molecule has 11 heteroatoms. The molecule has 0 bridgehead atoms. The van der Waals surface area contributed by atoms with Crippen molar-refractivity contribution in [2.45, 2.75) is 44.2 Å². The van der Waals surface area contributed by atoms with Gasteiger partial charge in [-0.1, -0.05) is 43.0 Å². The van der Waals surface area contributed by atoms with Gasteiger partial charge in [0.05, 0.1) is 27.3 Å². The lowest BCUT2D eigenvalue weighted by atomic mass is 9.83. The molecule has 2 atom stereocenters. The van der Waals surface area contributed by atoms with E-state index in [-0.39, 0.29) is 44.6 Å². The van der Waals surface area contributed by atoms with E-state index in [1.165, 1.54) is 47.0 Å². The number of nitrogens with one attached hydrogen (secondary N) is 1. The second-order valence-electron chi connectivity index (χ2n) is 9.88. The summed E-state index contributed by atoms with van der Waals surface area (Å²) >= 11 is 6.28. The molecular weight excluding hydrogens is 547 g/mol. The number of aliphatic hydroxyl groups is 1. The largest absolute Gasteiger partial charge is 0.478 e. The summed E-state index contributed by atoms with van der Waals surface area (Å²) < 4.78 is 43.8. The number of fused-ring (bicyclic) bond motifs is 1. The smallest absolute Gasteiger partial charge is 0.335 e. The van der Waals surface area contributed by atoms with Crippen LogP contribution in [0.15, 0.2) is 54.6 Å². The van der Waals surface area contributed by atoms with E-state index in [1.54, 1.807) is 0 Å². The first-order chi connectivity index (χ1) is 19.1. The molecule has 40 heavy (non-hydrogen) atoms. The van der Waals surface area contributed by atoms with Gasteiger partial charge in [-0.15, -0.1) is 0 Å². The van der Waals surface area contributed by atoms with Crippen molar-refractivity contribution in [3.63, 3.8) is 0 Å². The maximum Gasteiger partial charge on any atom is 0.335 e.